The molecule has 0 amide bonds. The summed E-state index contributed by atoms with van der Waals surface area (Å²) in [6, 6.07) is 8.98. The van der Waals surface area contributed by atoms with Gasteiger partial charge in [0.2, 0.25) is 5.43 Å². The molecule has 0 atom stereocenters. The van der Waals surface area contributed by atoms with E-state index in [0.717, 1.165) is 11.3 Å². The lowest BCUT2D eigenvalue weighted by atomic mass is 9.92. The predicted octanol–water partition coefficient (Wildman–Crippen LogP) is 4.70. The van der Waals surface area contributed by atoms with Gasteiger partial charge in [0.05, 0.1) is 42.9 Å². The molecule has 38 heavy (non-hydrogen) atoms. The van der Waals surface area contributed by atoms with Crippen molar-refractivity contribution in [2.24, 2.45) is 0 Å². The summed E-state index contributed by atoms with van der Waals surface area (Å²) in [5.74, 6) is 1.06. The zero-order chi connectivity index (χ0) is 27.1. The maximum atomic E-state index is 13.6. The molecule has 2 aromatic carbocycles. The van der Waals surface area contributed by atoms with Crippen molar-refractivity contribution < 1.29 is 32.8 Å². The van der Waals surface area contributed by atoms with Crippen molar-refractivity contribution in [3.8, 4) is 22.6 Å². The fourth-order valence-corrected chi connectivity index (χ4v) is 4.06. The number of methoxy groups -OCH3 is 2. The SMILES string of the molecule is COCCOCOc1ccc2c(=O)c(-c3cc4c(cc3OCOCCOC)N(C)C(C)(C)C=C4)coc2c1. The van der Waals surface area contributed by atoms with E-state index in [1.807, 2.05) is 19.2 Å². The smallest absolute Gasteiger partial charge is 0.200 e. The minimum absolute atomic E-state index is 0.0180. The van der Waals surface area contributed by atoms with Crippen molar-refractivity contribution in [2.75, 3.05) is 66.2 Å². The van der Waals surface area contributed by atoms with Crippen LogP contribution in [0.4, 0.5) is 5.69 Å². The largest absolute Gasteiger partial charge is 0.467 e. The normalized spacial score (nSPS) is 14.1. The highest BCUT2D eigenvalue weighted by Gasteiger charge is 2.28. The molecular formula is C29H35NO8. The Morgan fingerprint density at radius 1 is 0.895 bits per heavy atom. The van der Waals surface area contributed by atoms with E-state index in [0.29, 0.717) is 60.0 Å². The lowest BCUT2D eigenvalue weighted by Crippen LogP contribution is -2.41. The van der Waals surface area contributed by atoms with Gasteiger partial charge in [0.25, 0.3) is 0 Å². The molecule has 0 unspecified atom stereocenters. The van der Waals surface area contributed by atoms with Gasteiger partial charge in [-0.05, 0) is 37.6 Å². The van der Waals surface area contributed by atoms with Gasteiger partial charge in [-0.25, -0.2) is 0 Å². The van der Waals surface area contributed by atoms with E-state index in [-0.39, 0.29) is 24.6 Å². The third-order valence-electron chi connectivity index (χ3n) is 6.53. The van der Waals surface area contributed by atoms with E-state index >= 15 is 0 Å². The standard InChI is InChI=1S/C29H35NO8/c1-29(2)9-8-20-14-23(27(16-25(20)30(29)3)38-19-35-13-11-33-5)24-17-36-26-15-21(6-7-22(26)28(24)31)37-18-34-12-10-32-4/h6-9,14-17H,10-13,18-19H2,1-5H3. The molecule has 1 aromatic heterocycles. The zero-order valence-corrected chi connectivity index (χ0v) is 22.6. The summed E-state index contributed by atoms with van der Waals surface area (Å²) < 4.78 is 38.4. The first-order chi connectivity index (χ1) is 18.4. The number of ether oxygens (including phenoxy) is 6. The van der Waals surface area contributed by atoms with Crippen LogP contribution in [0.1, 0.15) is 19.4 Å². The Balaban J connectivity index is 1.67. The molecule has 1 aliphatic heterocycles. The van der Waals surface area contributed by atoms with Crippen LogP contribution in [-0.4, -0.2) is 66.8 Å². The first kappa shape index (κ1) is 27.7. The van der Waals surface area contributed by atoms with Crippen LogP contribution < -0.4 is 19.8 Å². The van der Waals surface area contributed by atoms with Gasteiger partial charge in [-0.2, -0.15) is 0 Å². The molecule has 0 saturated carbocycles. The van der Waals surface area contributed by atoms with Gasteiger partial charge in [-0.1, -0.05) is 12.2 Å². The van der Waals surface area contributed by atoms with Gasteiger partial charge in [-0.15, -0.1) is 0 Å². The number of likely N-dealkylation sites (N-methyl/N-ethyl adjacent to an activating group) is 1. The molecule has 1 aliphatic rings. The third kappa shape index (κ3) is 6.19. The highest BCUT2D eigenvalue weighted by Crippen LogP contribution is 2.41. The molecule has 9 nitrogen and oxygen atoms in total. The van der Waals surface area contributed by atoms with E-state index in [1.165, 1.54) is 6.26 Å². The van der Waals surface area contributed by atoms with Gasteiger partial charge >= 0.3 is 0 Å². The van der Waals surface area contributed by atoms with E-state index in [2.05, 4.69) is 30.9 Å². The van der Waals surface area contributed by atoms with E-state index in [9.17, 15) is 4.79 Å². The van der Waals surface area contributed by atoms with Gasteiger partial charge in [0, 0.05) is 44.7 Å². The summed E-state index contributed by atoms with van der Waals surface area (Å²) in [4.78, 5) is 15.8. The van der Waals surface area contributed by atoms with Crippen molar-refractivity contribution in [3.05, 3.63) is 58.5 Å². The minimum Gasteiger partial charge on any atom is -0.467 e. The second-order valence-electron chi connectivity index (χ2n) is 9.42. The van der Waals surface area contributed by atoms with Crippen LogP contribution in [0.3, 0.4) is 0 Å². The summed E-state index contributed by atoms with van der Waals surface area (Å²) in [5.41, 5.74) is 3.06. The molecule has 0 radical (unpaired) electrons. The number of rotatable bonds is 13. The summed E-state index contributed by atoms with van der Waals surface area (Å²) in [6.45, 7) is 6.12. The Morgan fingerprint density at radius 3 is 2.32 bits per heavy atom. The van der Waals surface area contributed by atoms with Crippen LogP contribution in [0.2, 0.25) is 0 Å². The third-order valence-corrected chi connectivity index (χ3v) is 6.53. The molecule has 204 valence electrons. The number of fused-ring (bicyclic) bond motifs is 2. The molecule has 4 rings (SSSR count). The molecular weight excluding hydrogens is 490 g/mol. The van der Waals surface area contributed by atoms with Gasteiger partial charge in [-0.3, -0.25) is 4.79 Å². The Bertz CT molecular complexity index is 1330. The van der Waals surface area contributed by atoms with Crippen molar-refractivity contribution in [1.82, 2.24) is 0 Å². The van der Waals surface area contributed by atoms with Crippen LogP contribution in [0.15, 0.2) is 51.9 Å². The second kappa shape index (κ2) is 12.4. The Morgan fingerprint density at radius 2 is 1.61 bits per heavy atom. The highest BCUT2D eigenvalue weighted by atomic mass is 16.7. The average molecular weight is 526 g/mol. The van der Waals surface area contributed by atoms with Crippen LogP contribution in [0, 0.1) is 0 Å². The molecule has 0 N–H and O–H groups in total. The number of anilines is 1. The second-order valence-corrected chi connectivity index (χ2v) is 9.42. The topological polar surface area (TPSA) is 88.8 Å². The van der Waals surface area contributed by atoms with Crippen LogP contribution >= 0.6 is 0 Å². The van der Waals surface area contributed by atoms with Gasteiger partial charge < -0.3 is 37.7 Å². The van der Waals surface area contributed by atoms with Crippen molar-refractivity contribution in [2.45, 2.75) is 19.4 Å². The molecule has 9 heteroatoms. The fourth-order valence-electron chi connectivity index (χ4n) is 4.06. The lowest BCUT2D eigenvalue weighted by Gasteiger charge is -2.39. The molecule has 2 heterocycles. The van der Waals surface area contributed by atoms with Crippen LogP contribution in [0.5, 0.6) is 11.5 Å². The maximum absolute atomic E-state index is 13.6. The van der Waals surface area contributed by atoms with Crippen molar-refractivity contribution in [3.63, 3.8) is 0 Å². The minimum atomic E-state index is -0.173. The summed E-state index contributed by atoms with van der Waals surface area (Å²) in [5, 5.41) is 0.434. The Kier molecular flexibility index (Phi) is 9.06. The van der Waals surface area contributed by atoms with E-state index in [1.54, 1.807) is 32.4 Å². The monoisotopic (exact) mass is 525 g/mol. The van der Waals surface area contributed by atoms with Crippen LogP contribution in [0.25, 0.3) is 28.2 Å². The number of nitrogens with zero attached hydrogens (tertiary/aromatic N) is 1. The van der Waals surface area contributed by atoms with E-state index < -0.39 is 0 Å². The van der Waals surface area contributed by atoms with Crippen molar-refractivity contribution in [1.29, 1.82) is 0 Å². The first-order valence-corrected chi connectivity index (χ1v) is 12.4. The number of hydrogen-bond donors (Lipinski definition) is 0. The Hall–Kier alpha value is -3.37. The van der Waals surface area contributed by atoms with Crippen LogP contribution in [-0.2, 0) is 18.9 Å². The molecule has 0 fully saturated rings. The summed E-state index contributed by atoms with van der Waals surface area (Å²) in [7, 11) is 5.26. The quantitative estimate of drug-likeness (QED) is 0.233. The van der Waals surface area contributed by atoms with E-state index in [4.69, 9.17) is 32.8 Å². The fraction of sp³-hybridized carbons (Fsp3) is 0.414. The summed E-state index contributed by atoms with van der Waals surface area (Å²) >= 11 is 0. The summed E-state index contributed by atoms with van der Waals surface area (Å²) in [6.07, 6.45) is 5.67. The van der Waals surface area contributed by atoms with Crippen molar-refractivity contribution >= 4 is 22.7 Å². The van der Waals surface area contributed by atoms with Gasteiger partial charge in [0.15, 0.2) is 13.6 Å². The number of benzene rings is 2. The average Bonchev–Trinajstić information content (AvgIpc) is 2.91. The molecule has 0 saturated heterocycles. The van der Waals surface area contributed by atoms with Gasteiger partial charge in [0.1, 0.15) is 23.3 Å². The zero-order valence-electron chi connectivity index (χ0n) is 22.6. The predicted molar refractivity (Wildman–Crippen MR) is 146 cm³/mol. The Labute approximate surface area is 222 Å². The maximum Gasteiger partial charge on any atom is 0.200 e. The lowest BCUT2D eigenvalue weighted by molar-refractivity contribution is -0.00849. The molecule has 0 spiro atoms. The molecule has 0 bridgehead atoms. The number of hydrogen-bond acceptors (Lipinski definition) is 9. The highest BCUT2D eigenvalue weighted by molar-refractivity contribution is 5.87. The molecule has 3 aromatic rings. The first-order valence-electron chi connectivity index (χ1n) is 12.4. The molecule has 0 aliphatic carbocycles.